The first-order valence-electron chi connectivity index (χ1n) is 3.58. The molecule has 1 aromatic heterocycles. The fourth-order valence-electron chi connectivity index (χ4n) is 0.968. The average molecular weight is 194 g/mol. The van der Waals surface area contributed by atoms with E-state index in [0.717, 1.165) is 10.6 Å². The van der Waals surface area contributed by atoms with Crippen molar-refractivity contribution < 1.29 is 22.1 Å². The summed E-state index contributed by atoms with van der Waals surface area (Å²) in [4.78, 5) is 0. The SMILES string of the molecule is C[n+]1ccccc1C(F)C(F)(F)F. The van der Waals surface area contributed by atoms with Crippen LogP contribution in [0, 0.1) is 0 Å². The highest BCUT2D eigenvalue weighted by Gasteiger charge is 2.45. The molecule has 0 aliphatic rings. The van der Waals surface area contributed by atoms with Crippen LogP contribution in [0.4, 0.5) is 17.6 Å². The molecular formula is C8H8F4N+. The summed E-state index contributed by atoms with van der Waals surface area (Å²) in [5.41, 5.74) is -0.394. The van der Waals surface area contributed by atoms with Gasteiger partial charge in [0.1, 0.15) is 7.05 Å². The molecule has 0 radical (unpaired) electrons. The van der Waals surface area contributed by atoms with Crippen LogP contribution in [0.25, 0.3) is 0 Å². The summed E-state index contributed by atoms with van der Waals surface area (Å²) in [6.07, 6.45) is -6.38. The van der Waals surface area contributed by atoms with Gasteiger partial charge in [0.2, 0.25) is 5.69 Å². The lowest BCUT2D eigenvalue weighted by molar-refractivity contribution is -0.684. The first-order chi connectivity index (χ1) is 5.93. The van der Waals surface area contributed by atoms with Crippen LogP contribution in [-0.2, 0) is 7.05 Å². The maximum Gasteiger partial charge on any atom is 0.429 e. The van der Waals surface area contributed by atoms with Crippen LogP contribution >= 0.6 is 0 Å². The van der Waals surface area contributed by atoms with Crippen molar-refractivity contribution in [1.82, 2.24) is 0 Å². The number of nitrogens with zero attached hydrogens (tertiary/aromatic N) is 1. The minimum atomic E-state index is -4.83. The zero-order valence-electron chi connectivity index (χ0n) is 6.85. The molecule has 0 saturated heterocycles. The van der Waals surface area contributed by atoms with Gasteiger partial charge in [-0.1, -0.05) is 0 Å². The van der Waals surface area contributed by atoms with E-state index in [2.05, 4.69) is 0 Å². The number of aryl methyl sites for hydroxylation is 1. The van der Waals surface area contributed by atoms with Gasteiger partial charge in [-0.3, -0.25) is 0 Å². The van der Waals surface area contributed by atoms with Gasteiger partial charge in [-0.05, 0) is 6.07 Å². The molecule has 0 aliphatic carbocycles. The largest absolute Gasteiger partial charge is 0.429 e. The highest BCUT2D eigenvalue weighted by Crippen LogP contribution is 2.33. The zero-order chi connectivity index (χ0) is 10.1. The third-order valence-corrected chi connectivity index (χ3v) is 1.64. The van der Waals surface area contributed by atoms with E-state index < -0.39 is 18.0 Å². The Labute approximate surface area is 72.6 Å². The third kappa shape index (κ3) is 2.17. The lowest BCUT2D eigenvalue weighted by Gasteiger charge is -2.09. The van der Waals surface area contributed by atoms with E-state index in [0.29, 0.717) is 0 Å². The molecule has 0 aliphatic heterocycles. The quantitative estimate of drug-likeness (QED) is 0.476. The van der Waals surface area contributed by atoms with Crippen molar-refractivity contribution in [2.45, 2.75) is 12.3 Å². The Balaban J connectivity index is 3.02. The van der Waals surface area contributed by atoms with Gasteiger partial charge in [-0.15, -0.1) is 0 Å². The third-order valence-electron chi connectivity index (χ3n) is 1.64. The molecule has 0 spiro atoms. The van der Waals surface area contributed by atoms with E-state index in [1.165, 1.54) is 25.4 Å². The van der Waals surface area contributed by atoms with Crippen molar-refractivity contribution >= 4 is 0 Å². The molecule has 1 heterocycles. The molecule has 1 aromatic rings. The van der Waals surface area contributed by atoms with E-state index in [1.54, 1.807) is 0 Å². The predicted octanol–water partition coefficient (Wildman–Crippen LogP) is 2.08. The Hall–Kier alpha value is -1.13. The van der Waals surface area contributed by atoms with Crippen molar-refractivity contribution in [3.8, 4) is 0 Å². The van der Waals surface area contributed by atoms with Crippen molar-refractivity contribution in [3.63, 3.8) is 0 Å². The van der Waals surface area contributed by atoms with Gasteiger partial charge in [-0.2, -0.15) is 13.2 Å². The normalized spacial score (nSPS) is 14.2. The second-order valence-corrected chi connectivity index (χ2v) is 2.64. The van der Waals surface area contributed by atoms with Crippen molar-refractivity contribution in [3.05, 3.63) is 30.1 Å². The van der Waals surface area contributed by atoms with Gasteiger partial charge in [-0.25, -0.2) is 8.96 Å². The van der Waals surface area contributed by atoms with Crippen molar-refractivity contribution in [2.75, 3.05) is 0 Å². The van der Waals surface area contributed by atoms with Crippen LogP contribution in [0.3, 0.4) is 0 Å². The molecule has 13 heavy (non-hydrogen) atoms. The van der Waals surface area contributed by atoms with Crippen LogP contribution < -0.4 is 4.57 Å². The second kappa shape index (κ2) is 3.32. The number of aromatic nitrogens is 1. The topological polar surface area (TPSA) is 3.88 Å². The zero-order valence-corrected chi connectivity index (χ0v) is 6.85. The number of rotatable bonds is 1. The molecule has 1 atom stereocenters. The first-order valence-corrected chi connectivity index (χ1v) is 3.58. The van der Waals surface area contributed by atoms with E-state index in [-0.39, 0.29) is 0 Å². The predicted molar refractivity (Wildman–Crippen MR) is 37.5 cm³/mol. The molecular weight excluding hydrogens is 186 g/mol. The summed E-state index contributed by atoms with van der Waals surface area (Å²) in [6, 6.07) is 4.01. The molecule has 0 N–H and O–H groups in total. The fourth-order valence-corrected chi connectivity index (χ4v) is 0.968. The molecule has 1 unspecified atom stereocenters. The molecule has 1 nitrogen and oxygen atoms in total. The standard InChI is InChI=1S/C8H8F4N/c1-13-5-3-2-4-6(13)7(9)8(10,11)12/h2-5,7H,1H3/q+1. The van der Waals surface area contributed by atoms with Crippen LogP contribution in [0.2, 0.25) is 0 Å². The Morgan fingerprint density at radius 2 is 1.92 bits per heavy atom. The summed E-state index contributed by atoms with van der Waals surface area (Å²) < 4.78 is 49.6. The number of hydrogen-bond donors (Lipinski definition) is 0. The van der Waals surface area contributed by atoms with Crippen LogP contribution in [0.15, 0.2) is 24.4 Å². The Morgan fingerprint density at radius 1 is 1.31 bits per heavy atom. The lowest BCUT2D eigenvalue weighted by atomic mass is 10.2. The van der Waals surface area contributed by atoms with E-state index in [4.69, 9.17) is 0 Å². The fraction of sp³-hybridized carbons (Fsp3) is 0.375. The van der Waals surface area contributed by atoms with Crippen LogP contribution in [0.5, 0.6) is 0 Å². The van der Waals surface area contributed by atoms with Crippen LogP contribution in [-0.4, -0.2) is 6.18 Å². The number of hydrogen-bond acceptors (Lipinski definition) is 0. The maximum absolute atomic E-state index is 12.8. The molecule has 72 valence electrons. The molecule has 1 rings (SSSR count). The summed E-state index contributed by atoms with van der Waals surface area (Å²) in [5.74, 6) is 0. The highest BCUT2D eigenvalue weighted by atomic mass is 19.4. The van der Waals surface area contributed by atoms with E-state index >= 15 is 0 Å². The minimum Gasteiger partial charge on any atom is -0.225 e. The van der Waals surface area contributed by atoms with Crippen LogP contribution in [0.1, 0.15) is 11.9 Å². The van der Waals surface area contributed by atoms with Crippen molar-refractivity contribution in [2.24, 2.45) is 7.05 Å². The molecule has 0 saturated carbocycles. The van der Waals surface area contributed by atoms with Gasteiger partial charge in [0, 0.05) is 12.1 Å². The maximum atomic E-state index is 12.8. The second-order valence-electron chi connectivity index (χ2n) is 2.64. The van der Waals surface area contributed by atoms with Gasteiger partial charge < -0.3 is 0 Å². The smallest absolute Gasteiger partial charge is 0.225 e. The number of halogens is 4. The van der Waals surface area contributed by atoms with Gasteiger partial charge in [0.05, 0.1) is 0 Å². The molecule has 0 fully saturated rings. The Kier molecular flexibility index (Phi) is 2.54. The number of alkyl halides is 4. The summed E-state index contributed by atoms with van der Waals surface area (Å²) >= 11 is 0. The van der Waals surface area contributed by atoms with E-state index in [9.17, 15) is 17.6 Å². The van der Waals surface area contributed by atoms with Gasteiger partial charge in [0.25, 0.3) is 6.17 Å². The molecule has 0 bridgehead atoms. The summed E-state index contributed by atoms with van der Waals surface area (Å²) in [7, 11) is 1.37. The first kappa shape index (κ1) is 9.95. The van der Waals surface area contributed by atoms with Crippen molar-refractivity contribution in [1.29, 1.82) is 0 Å². The van der Waals surface area contributed by atoms with Gasteiger partial charge in [0.15, 0.2) is 6.20 Å². The molecule has 0 amide bonds. The average Bonchev–Trinajstić information content (AvgIpc) is 2.02. The van der Waals surface area contributed by atoms with E-state index in [1.807, 2.05) is 0 Å². The summed E-state index contributed by atoms with van der Waals surface area (Å²) in [5, 5.41) is 0. The van der Waals surface area contributed by atoms with Gasteiger partial charge >= 0.3 is 6.18 Å². The minimum absolute atomic E-state index is 0.394. The summed E-state index contributed by atoms with van der Waals surface area (Å²) in [6.45, 7) is 0. The monoisotopic (exact) mass is 194 g/mol. The Morgan fingerprint density at radius 3 is 2.38 bits per heavy atom. The highest BCUT2D eigenvalue weighted by molar-refractivity contribution is 5.02. The molecule has 5 heteroatoms. The Bertz CT molecular complexity index is 294. The molecule has 0 aromatic carbocycles. The lowest BCUT2D eigenvalue weighted by Crippen LogP contribution is -2.37. The number of pyridine rings is 1.